The predicted molar refractivity (Wildman–Crippen MR) is 115 cm³/mol. The third-order valence-corrected chi connectivity index (χ3v) is 4.96. The summed E-state index contributed by atoms with van der Waals surface area (Å²) in [6, 6.07) is 10.3. The summed E-state index contributed by atoms with van der Waals surface area (Å²) in [7, 11) is 5.58. The molecular weight excluding hydrogens is 354 g/mol. The Labute approximate surface area is 169 Å². The van der Waals surface area contributed by atoms with Gasteiger partial charge in [-0.1, -0.05) is 18.2 Å². The quantitative estimate of drug-likeness (QED) is 0.382. The first-order chi connectivity index (χ1) is 13.4. The lowest BCUT2D eigenvalue weighted by atomic mass is 10.0. The van der Waals surface area contributed by atoms with Gasteiger partial charge in [0.2, 0.25) is 5.91 Å². The molecule has 0 saturated carbocycles. The van der Waals surface area contributed by atoms with E-state index in [4.69, 9.17) is 4.74 Å². The Hall–Kier alpha value is -2.28. The Kier molecular flexibility index (Phi) is 8.57. The molecule has 1 unspecified atom stereocenters. The van der Waals surface area contributed by atoms with E-state index in [1.807, 2.05) is 18.2 Å². The van der Waals surface area contributed by atoms with E-state index in [1.54, 1.807) is 19.0 Å². The van der Waals surface area contributed by atoms with Crippen LogP contribution in [0.1, 0.15) is 26.2 Å². The van der Waals surface area contributed by atoms with Crippen LogP contribution < -0.4 is 15.5 Å². The number of benzene rings is 1. The molecule has 7 heteroatoms. The Morgan fingerprint density at radius 3 is 2.61 bits per heavy atom. The number of carbonyl (C=O) groups is 1. The van der Waals surface area contributed by atoms with Crippen LogP contribution in [0.5, 0.6) is 0 Å². The Morgan fingerprint density at radius 1 is 1.21 bits per heavy atom. The SMILES string of the molecule is CN(C)C(=O)CN=C(NCCCN(C)c1ccccc1)NCC1(C)CCCO1. The van der Waals surface area contributed by atoms with Crippen molar-refractivity contribution in [2.75, 3.05) is 58.8 Å². The highest BCUT2D eigenvalue weighted by Gasteiger charge is 2.29. The minimum atomic E-state index is -0.165. The van der Waals surface area contributed by atoms with Gasteiger partial charge in [0.15, 0.2) is 5.96 Å². The molecule has 1 fully saturated rings. The number of rotatable bonds is 9. The van der Waals surface area contributed by atoms with E-state index >= 15 is 0 Å². The first kappa shape index (κ1) is 22.0. The van der Waals surface area contributed by atoms with Gasteiger partial charge in [-0.3, -0.25) is 4.79 Å². The third-order valence-electron chi connectivity index (χ3n) is 4.96. The summed E-state index contributed by atoms with van der Waals surface area (Å²) in [5.74, 6) is 0.641. The van der Waals surface area contributed by atoms with Crippen LogP contribution in [0.25, 0.3) is 0 Å². The number of hydrogen-bond acceptors (Lipinski definition) is 4. The van der Waals surface area contributed by atoms with Gasteiger partial charge in [0.1, 0.15) is 6.54 Å². The number of nitrogens with zero attached hydrogens (tertiary/aromatic N) is 3. The van der Waals surface area contributed by atoms with Crippen molar-refractivity contribution in [3.05, 3.63) is 30.3 Å². The summed E-state index contributed by atoms with van der Waals surface area (Å²) in [5, 5.41) is 6.69. The van der Waals surface area contributed by atoms with Gasteiger partial charge in [-0.2, -0.15) is 0 Å². The number of likely N-dealkylation sites (N-methyl/N-ethyl adjacent to an activating group) is 1. The lowest BCUT2D eigenvalue weighted by Gasteiger charge is -2.25. The predicted octanol–water partition coefficient (Wildman–Crippen LogP) is 1.71. The van der Waals surface area contributed by atoms with Gasteiger partial charge in [-0.15, -0.1) is 0 Å². The van der Waals surface area contributed by atoms with Crippen LogP contribution >= 0.6 is 0 Å². The highest BCUT2D eigenvalue weighted by molar-refractivity contribution is 5.84. The van der Waals surface area contributed by atoms with Gasteiger partial charge in [0.25, 0.3) is 0 Å². The summed E-state index contributed by atoms with van der Waals surface area (Å²) < 4.78 is 5.83. The minimum Gasteiger partial charge on any atom is -0.375 e. The molecule has 1 aliphatic rings. The largest absolute Gasteiger partial charge is 0.375 e. The normalized spacial score (nSPS) is 19.4. The zero-order valence-electron chi connectivity index (χ0n) is 17.7. The van der Waals surface area contributed by atoms with Crippen molar-refractivity contribution in [3.8, 4) is 0 Å². The molecule has 1 saturated heterocycles. The Morgan fingerprint density at radius 2 is 1.96 bits per heavy atom. The number of para-hydroxylation sites is 1. The number of guanidine groups is 1. The molecule has 7 nitrogen and oxygen atoms in total. The molecule has 2 N–H and O–H groups in total. The summed E-state index contributed by atoms with van der Waals surface area (Å²) >= 11 is 0. The van der Waals surface area contributed by atoms with Crippen molar-refractivity contribution in [1.29, 1.82) is 0 Å². The van der Waals surface area contributed by atoms with Crippen LogP contribution in [-0.4, -0.2) is 76.3 Å². The van der Waals surface area contributed by atoms with E-state index in [-0.39, 0.29) is 18.1 Å². The van der Waals surface area contributed by atoms with Crippen LogP contribution in [0.15, 0.2) is 35.3 Å². The van der Waals surface area contributed by atoms with Crippen LogP contribution in [0, 0.1) is 0 Å². The molecule has 1 heterocycles. The monoisotopic (exact) mass is 389 g/mol. The van der Waals surface area contributed by atoms with E-state index in [0.29, 0.717) is 12.5 Å². The van der Waals surface area contributed by atoms with Gasteiger partial charge in [0, 0.05) is 53.1 Å². The second-order valence-electron chi connectivity index (χ2n) is 7.75. The van der Waals surface area contributed by atoms with Gasteiger partial charge in [-0.05, 0) is 38.3 Å². The lowest BCUT2D eigenvalue weighted by molar-refractivity contribution is -0.127. The molecule has 2 rings (SSSR count). The highest BCUT2D eigenvalue weighted by Crippen LogP contribution is 2.23. The van der Waals surface area contributed by atoms with Gasteiger partial charge >= 0.3 is 0 Å². The van der Waals surface area contributed by atoms with E-state index in [1.165, 1.54) is 5.69 Å². The summed E-state index contributed by atoms with van der Waals surface area (Å²) in [6.07, 6.45) is 3.08. The average Bonchev–Trinajstić information content (AvgIpc) is 3.13. The molecule has 0 aromatic heterocycles. The molecule has 1 aromatic carbocycles. The van der Waals surface area contributed by atoms with E-state index in [0.717, 1.165) is 39.0 Å². The van der Waals surface area contributed by atoms with Crippen molar-refractivity contribution in [2.45, 2.75) is 31.8 Å². The highest BCUT2D eigenvalue weighted by atomic mass is 16.5. The summed E-state index contributed by atoms with van der Waals surface area (Å²) in [6.45, 7) is 5.44. The maximum atomic E-state index is 11.9. The second kappa shape index (κ2) is 10.9. The van der Waals surface area contributed by atoms with Crippen LogP contribution in [-0.2, 0) is 9.53 Å². The van der Waals surface area contributed by atoms with Crippen molar-refractivity contribution >= 4 is 17.6 Å². The molecule has 1 amide bonds. The number of hydrogen-bond donors (Lipinski definition) is 2. The van der Waals surface area contributed by atoms with E-state index in [9.17, 15) is 4.79 Å². The number of ether oxygens (including phenoxy) is 1. The van der Waals surface area contributed by atoms with Crippen molar-refractivity contribution in [3.63, 3.8) is 0 Å². The number of aliphatic imine (C=N–C) groups is 1. The first-order valence-corrected chi connectivity index (χ1v) is 10.0. The van der Waals surface area contributed by atoms with Gasteiger partial charge in [0.05, 0.1) is 5.60 Å². The van der Waals surface area contributed by atoms with Crippen molar-refractivity contribution < 1.29 is 9.53 Å². The zero-order chi connectivity index (χ0) is 20.4. The fourth-order valence-corrected chi connectivity index (χ4v) is 3.04. The molecular formula is C21H35N5O2. The molecule has 0 bridgehead atoms. The molecule has 0 spiro atoms. The molecule has 0 aliphatic carbocycles. The smallest absolute Gasteiger partial charge is 0.243 e. The van der Waals surface area contributed by atoms with Crippen LogP contribution in [0.4, 0.5) is 5.69 Å². The Bertz CT molecular complexity index is 627. The van der Waals surface area contributed by atoms with Crippen molar-refractivity contribution in [1.82, 2.24) is 15.5 Å². The number of anilines is 1. The van der Waals surface area contributed by atoms with Crippen molar-refractivity contribution in [2.24, 2.45) is 4.99 Å². The topological polar surface area (TPSA) is 69.2 Å². The fraction of sp³-hybridized carbons (Fsp3) is 0.619. The van der Waals surface area contributed by atoms with E-state index in [2.05, 4.69) is 46.6 Å². The first-order valence-electron chi connectivity index (χ1n) is 10.0. The third kappa shape index (κ3) is 7.38. The van der Waals surface area contributed by atoms with Gasteiger partial charge in [-0.25, -0.2) is 4.99 Å². The maximum absolute atomic E-state index is 11.9. The lowest BCUT2D eigenvalue weighted by Crippen LogP contribution is -2.46. The fourth-order valence-electron chi connectivity index (χ4n) is 3.04. The van der Waals surface area contributed by atoms with Crippen LogP contribution in [0.2, 0.25) is 0 Å². The number of amides is 1. The van der Waals surface area contributed by atoms with E-state index < -0.39 is 0 Å². The maximum Gasteiger partial charge on any atom is 0.243 e. The Balaban J connectivity index is 1.82. The minimum absolute atomic E-state index is 0.0201. The molecule has 1 aliphatic heterocycles. The van der Waals surface area contributed by atoms with Crippen LogP contribution in [0.3, 0.4) is 0 Å². The molecule has 156 valence electrons. The van der Waals surface area contributed by atoms with Gasteiger partial charge < -0.3 is 25.2 Å². The average molecular weight is 390 g/mol. The molecule has 1 aromatic rings. The molecule has 1 atom stereocenters. The number of carbonyl (C=O) groups excluding carboxylic acids is 1. The molecule has 28 heavy (non-hydrogen) atoms. The summed E-state index contributed by atoms with van der Waals surface area (Å²) in [4.78, 5) is 20.1. The number of nitrogens with one attached hydrogen (secondary N) is 2. The zero-order valence-corrected chi connectivity index (χ0v) is 17.7. The molecule has 0 radical (unpaired) electrons. The summed E-state index contributed by atoms with van der Waals surface area (Å²) in [5.41, 5.74) is 1.04. The standard InChI is InChI=1S/C21H35N5O2/c1-21(12-8-15-28-21)17-24-20(23-16-19(27)25(2)3)22-13-9-14-26(4)18-10-6-5-7-11-18/h5-7,10-11H,8-9,12-17H2,1-4H3,(H2,22,23,24). The second-order valence-corrected chi connectivity index (χ2v) is 7.75.